The standard InChI is InChI=1S/C15H17BrN2.C2H2O4/c1-11(17)9-15(13-3-2-8-18-10-13)12-4-6-14(16)7-5-12;3-1(4)2(5)6/h2-8,10-11,15H,9,17H2,1H3;(H,3,4)(H,5,6). The van der Waals surface area contributed by atoms with E-state index in [1.54, 1.807) is 6.20 Å². The minimum absolute atomic E-state index is 0.166. The fourth-order valence-electron chi connectivity index (χ4n) is 2.11. The third-order valence-electron chi connectivity index (χ3n) is 3.15. The van der Waals surface area contributed by atoms with Gasteiger partial charge in [0.2, 0.25) is 0 Å². The van der Waals surface area contributed by atoms with E-state index in [4.69, 9.17) is 25.5 Å². The predicted molar refractivity (Wildman–Crippen MR) is 93.8 cm³/mol. The highest BCUT2D eigenvalue weighted by Gasteiger charge is 2.16. The number of carboxylic acid groups (broad SMARTS) is 2. The zero-order valence-electron chi connectivity index (χ0n) is 13.1. The van der Waals surface area contributed by atoms with Crippen molar-refractivity contribution >= 4 is 27.9 Å². The summed E-state index contributed by atoms with van der Waals surface area (Å²) < 4.78 is 1.09. The van der Waals surface area contributed by atoms with Crippen LogP contribution in [-0.2, 0) is 9.59 Å². The van der Waals surface area contributed by atoms with Gasteiger partial charge in [0.05, 0.1) is 0 Å². The van der Waals surface area contributed by atoms with Gasteiger partial charge >= 0.3 is 11.9 Å². The summed E-state index contributed by atoms with van der Waals surface area (Å²) in [6.07, 6.45) is 4.65. The first-order chi connectivity index (χ1) is 11.3. The second-order valence-corrected chi connectivity index (χ2v) is 6.13. The molecule has 24 heavy (non-hydrogen) atoms. The van der Waals surface area contributed by atoms with Crippen molar-refractivity contribution in [1.82, 2.24) is 4.98 Å². The summed E-state index contributed by atoms with van der Waals surface area (Å²) in [4.78, 5) is 22.4. The lowest BCUT2D eigenvalue weighted by molar-refractivity contribution is -0.159. The molecular formula is C17H19BrN2O4. The Bertz CT molecular complexity index is 648. The van der Waals surface area contributed by atoms with Gasteiger partial charge in [-0.15, -0.1) is 0 Å². The van der Waals surface area contributed by atoms with E-state index < -0.39 is 11.9 Å². The molecule has 7 heteroatoms. The SMILES string of the molecule is CC(N)CC(c1ccc(Br)cc1)c1cccnc1.O=C(O)C(=O)O. The number of nitrogens with two attached hydrogens (primary N) is 1. The molecule has 2 unspecified atom stereocenters. The molecule has 0 saturated carbocycles. The van der Waals surface area contributed by atoms with Crippen molar-refractivity contribution in [3.05, 3.63) is 64.4 Å². The number of rotatable bonds is 4. The Morgan fingerprint density at radius 2 is 1.71 bits per heavy atom. The van der Waals surface area contributed by atoms with Crippen LogP contribution in [0.2, 0.25) is 0 Å². The maximum Gasteiger partial charge on any atom is 0.414 e. The molecule has 0 fully saturated rings. The zero-order valence-corrected chi connectivity index (χ0v) is 14.7. The van der Waals surface area contributed by atoms with Crippen LogP contribution >= 0.6 is 15.9 Å². The maximum absolute atomic E-state index is 9.10. The summed E-state index contributed by atoms with van der Waals surface area (Å²) in [7, 11) is 0. The Balaban J connectivity index is 0.000000413. The molecule has 0 saturated heterocycles. The van der Waals surface area contributed by atoms with Crippen LogP contribution in [0.1, 0.15) is 30.4 Å². The van der Waals surface area contributed by atoms with Gasteiger partial charge in [0, 0.05) is 28.8 Å². The lowest BCUT2D eigenvalue weighted by Gasteiger charge is -2.19. The first-order valence-electron chi connectivity index (χ1n) is 7.18. The van der Waals surface area contributed by atoms with Gasteiger partial charge in [-0.2, -0.15) is 0 Å². The highest BCUT2D eigenvalue weighted by Crippen LogP contribution is 2.29. The summed E-state index contributed by atoms with van der Waals surface area (Å²) in [6.45, 7) is 2.04. The number of pyridine rings is 1. The number of aromatic nitrogens is 1. The third-order valence-corrected chi connectivity index (χ3v) is 3.68. The summed E-state index contributed by atoms with van der Waals surface area (Å²) in [5.74, 6) is -3.34. The van der Waals surface area contributed by atoms with Crippen molar-refractivity contribution in [1.29, 1.82) is 0 Å². The van der Waals surface area contributed by atoms with Crippen LogP contribution in [0.3, 0.4) is 0 Å². The minimum Gasteiger partial charge on any atom is -0.473 e. The Kier molecular flexibility index (Phi) is 8.08. The lowest BCUT2D eigenvalue weighted by atomic mass is 9.87. The molecule has 0 amide bonds. The quantitative estimate of drug-likeness (QED) is 0.686. The van der Waals surface area contributed by atoms with E-state index in [9.17, 15) is 0 Å². The van der Waals surface area contributed by atoms with Crippen molar-refractivity contribution in [3.63, 3.8) is 0 Å². The number of carbonyl (C=O) groups is 2. The van der Waals surface area contributed by atoms with Crippen LogP contribution in [0.25, 0.3) is 0 Å². The van der Waals surface area contributed by atoms with Crippen LogP contribution < -0.4 is 5.73 Å². The van der Waals surface area contributed by atoms with Crippen LogP contribution in [0.4, 0.5) is 0 Å². The number of hydrogen-bond donors (Lipinski definition) is 3. The van der Waals surface area contributed by atoms with Gasteiger partial charge in [-0.1, -0.05) is 34.1 Å². The van der Waals surface area contributed by atoms with Gasteiger partial charge < -0.3 is 15.9 Å². The van der Waals surface area contributed by atoms with Crippen LogP contribution in [0.5, 0.6) is 0 Å². The topological polar surface area (TPSA) is 114 Å². The molecule has 0 spiro atoms. The molecule has 0 bridgehead atoms. The molecule has 4 N–H and O–H groups in total. The number of halogens is 1. The summed E-state index contributed by atoms with van der Waals surface area (Å²) in [5, 5.41) is 14.8. The molecule has 0 aliphatic carbocycles. The van der Waals surface area contributed by atoms with E-state index in [1.165, 1.54) is 11.1 Å². The van der Waals surface area contributed by atoms with E-state index in [-0.39, 0.29) is 6.04 Å². The van der Waals surface area contributed by atoms with Crippen molar-refractivity contribution in [3.8, 4) is 0 Å². The maximum atomic E-state index is 9.10. The second kappa shape index (κ2) is 9.79. The highest BCUT2D eigenvalue weighted by atomic mass is 79.9. The lowest BCUT2D eigenvalue weighted by Crippen LogP contribution is -2.19. The van der Waals surface area contributed by atoms with Crippen molar-refractivity contribution in [2.24, 2.45) is 5.73 Å². The molecule has 1 heterocycles. The molecule has 1 aromatic carbocycles. The summed E-state index contributed by atoms with van der Waals surface area (Å²) in [5.41, 5.74) is 8.47. The van der Waals surface area contributed by atoms with E-state index >= 15 is 0 Å². The van der Waals surface area contributed by atoms with E-state index in [0.29, 0.717) is 5.92 Å². The predicted octanol–water partition coefficient (Wildman–Crippen LogP) is 2.87. The second-order valence-electron chi connectivity index (χ2n) is 5.21. The molecule has 0 radical (unpaired) electrons. The molecule has 0 aliphatic heterocycles. The Morgan fingerprint density at radius 1 is 1.12 bits per heavy atom. The van der Waals surface area contributed by atoms with Gasteiger partial charge in [-0.3, -0.25) is 4.98 Å². The normalized spacial score (nSPS) is 12.5. The molecule has 2 rings (SSSR count). The van der Waals surface area contributed by atoms with Gasteiger partial charge in [-0.25, -0.2) is 9.59 Å². The van der Waals surface area contributed by atoms with Crippen LogP contribution in [0.15, 0.2) is 53.3 Å². The number of nitrogens with zero attached hydrogens (tertiary/aromatic N) is 1. The number of hydrogen-bond acceptors (Lipinski definition) is 4. The van der Waals surface area contributed by atoms with Gasteiger partial charge in [0.25, 0.3) is 0 Å². The Morgan fingerprint density at radius 3 is 2.12 bits per heavy atom. The fourth-order valence-corrected chi connectivity index (χ4v) is 2.38. The molecule has 0 aliphatic rings. The molecule has 1 aromatic heterocycles. The van der Waals surface area contributed by atoms with Gasteiger partial charge in [-0.05, 0) is 42.7 Å². The average Bonchev–Trinajstić information content (AvgIpc) is 2.55. The van der Waals surface area contributed by atoms with E-state index in [2.05, 4.69) is 51.2 Å². The largest absolute Gasteiger partial charge is 0.473 e. The number of aliphatic carboxylic acids is 2. The molecule has 2 atom stereocenters. The van der Waals surface area contributed by atoms with Gasteiger partial charge in [0.1, 0.15) is 0 Å². The van der Waals surface area contributed by atoms with Crippen molar-refractivity contribution in [2.75, 3.05) is 0 Å². The van der Waals surface area contributed by atoms with Crippen molar-refractivity contribution < 1.29 is 19.8 Å². The fraction of sp³-hybridized carbons (Fsp3) is 0.235. The molecular weight excluding hydrogens is 376 g/mol. The minimum atomic E-state index is -1.82. The van der Waals surface area contributed by atoms with E-state index in [0.717, 1.165) is 10.9 Å². The highest BCUT2D eigenvalue weighted by molar-refractivity contribution is 9.10. The third kappa shape index (κ3) is 6.89. The average molecular weight is 395 g/mol. The molecule has 128 valence electrons. The molecule has 2 aromatic rings. The number of carboxylic acids is 2. The van der Waals surface area contributed by atoms with Crippen molar-refractivity contribution in [2.45, 2.75) is 25.3 Å². The first-order valence-corrected chi connectivity index (χ1v) is 7.97. The smallest absolute Gasteiger partial charge is 0.414 e. The van der Waals surface area contributed by atoms with Gasteiger partial charge in [0.15, 0.2) is 0 Å². The number of benzene rings is 1. The monoisotopic (exact) mass is 394 g/mol. The Hall–Kier alpha value is -2.25. The Labute approximate surface area is 148 Å². The first kappa shape index (κ1) is 19.8. The van der Waals surface area contributed by atoms with Crippen LogP contribution in [-0.4, -0.2) is 33.2 Å². The zero-order chi connectivity index (χ0) is 18.1. The summed E-state index contributed by atoms with van der Waals surface area (Å²) in [6, 6.07) is 12.7. The molecule has 6 nitrogen and oxygen atoms in total. The van der Waals surface area contributed by atoms with E-state index in [1.807, 2.05) is 19.2 Å². The van der Waals surface area contributed by atoms with Crippen LogP contribution in [0, 0.1) is 0 Å². The summed E-state index contributed by atoms with van der Waals surface area (Å²) >= 11 is 3.46.